The molecule has 0 saturated heterocycles. The molecule has 1 saturated carbocycles. The lowest BCUT2D eigenvalue weighted by Gasteiger charge is -2.01. The lowest BCUT2D eigenvalue weighted by atomic mass is 10.2. The number of benzene rings is 1. The molecule has 2 nitrogen and oxygen atoms in total. The Labute approximate surface area is 119 Å². The van der Waals surface area contributed by atoms with E-state index in [1.54, 1.807) is 6.07 Å². The van der Waals surface area contributed by atoms with Crippen molar-refractivity contribution in [2.75, 3.05) is 6.54 Å². The maximum Gasteiger partial charge on any atom is 0.262 e. The van der Waals surface area contributed by atoms with Crippen LogP contribution in [0.25, 0.3) is 10.1 Å². The van der Waals surface area contributed by atoms with Crippen molar-refractivity contribution in [3.05, 3.63) is 33.1 Å². The van der Waals surface area contributed by atoms with E-state index in [0.717, 1.165) is 16.6 Å². The Bertz CT molecular complexity index is 619. The van der Waals surface area contributed by atoms with Gasteiger partial charge < -0.3 is 5.32 Å². The molecule has 0 spiro atoms. The highest BCUT2D eigenvalue weighted by Crippen LogP contribution is 2.36. The van der Waals surface area contributed by atoms with Crippen molar-refractivity contribution in [1.29, 1.82) is 0 Å². The number of amides is 1. The summed E-state index contributed by atoms with van der Waals surface area (Å²) in [6.07, 6.45) is 2.44. The van der Waals surface area contributed by atoms with Crippen LogP contribution in [0.2, 0.25) is 10.0 Å². The fourth-order valence-electron chi connectivity index (χ4n) is 1.82. The fraction of sp³-hybridized carbons (Fsp3) is 0.308. The summed E-state index contributed by atoms with van der Waals surface area (Å²) in [5.41, 5.74) is 0. The van der Waals surface area contributed by atoms with Gasteiger partial charge in [0.2, 0.25) is 0 Å². The standard InChI is InChI=1S/C13H11Cl2NOS/c14-8-3-4-9-10(5-8)18-12(11(9)15)13(17)16-6-7-1-2-7/h3-5,7H,1-2,6H2,(H,16,17). The molecule has 1 heterocycles. The number of halogens is 2. The Balaban J connectivity index is 1.90. The molecule has 0 atom stereocenters. The first kappa shape index (κ1) is 12.3. The van der Waals surface area contributed by atoms with E-state index in [4.69, 9.17) is 23.2 Å². The Morgan fingerprint density at radius 2 is 2.17 bits per heavy atom. The van der Waals surface area contributed by atoms with Crippen LogP contribution in [-0.2, 0) is 0 Å². The van der Waals surface area contributed by atoms with Crippen molar-refractivity contribution in [3.63, 3.8) is 0 Å². The molecule has 0 aliphatic heterocycles. The van der Waals surface area contributed by atoms with Crippen LogP contribution in [0.1, 0.15) is 22.5 Å². The van der Waals surface area contributed by atoms with E-state index >= 15 is 0 Å². The molecule has 1 aromatic heterocycles. The van der Waals surface area contributed by atoms with Crippen molar-refractivity contribution in [2.45, 2.75) is 12.8 Å². The summed E-state index contributed by atoms with van der Waals surface area (Å²) in [5, 5.41) is 5.01. The first-order valence-corrected chi connectivity index (χ1v) is 7.38. The number of carbonyl (C=O) groups is 1. The Morgan fingerprint density at radius 3 is 2.89 bits per heavy atom. The molecule has 0 radical (unpaired) electrons. The van der Waals surface area contributed by atoms with Crippen molar-refractivity contribution < 1.29 is 4.79 Å². The lowest BCUT2D eigenvalue weighted by molar-refractivity contribution is 0.0956. The van der Waals surface area contributed by atoms with Crippen LogP contribution < -0.4 is 5.32 Å². The predicted octanol–water partition coefficient (Wildman–Crippen LogP) is 4.35. The molecule has 1 fully saturated rings. The largest absolute Gasteiger partial charge is 0.351 e. The van der Waals surface area contributed by atoms with Crippen LogP contribution >= 0.6 is 34.5 Å². The van der Waals surface area contributed by atoms with Crippen LogP contribution in [0, 0.1) is 5.92 Å². The predicted molar refractivity (Wildman–Crippen MR) is 76.9 cm³/mol. The molecule has 1 N–H and O–H groups in total. The molecule has 2 aromatic rings. The summed E-state index contributed by atoms with van der Waals surface area (Å²) < 4.78 is 0.948. The van der Waals surface area contributed by atoms with Crippen molar-refractivity contribution in [1.82, 2.24) is 5.32 Å². The van der Waals surface area contributed by atoms with E-state index in [1.807, 2.05) is 12.1 Å². The third-order valence-corrected chi connectivity index (χ3v) is 4.94. The Morgan fingerprint density at radius 1 is 1.39 bits per heavy atom. The summed E-state index contributed by atoms with van der Waals surface area (Å²) in [5.74, 6) is 0.584. The average molecular weight is 300 g/mol. The number of rotatable bonds is 3. The second-order valence-electron chi connectivity index (χ2n) is 4.54. The second kappa shape index (κ2) is 4.72. The summed E-state index contributed by atoms with van der Waals surface area (Å²) >= 11 is 13.6. The highest BCUT2D eigenvalue weighted by molar-refractivity contribution is 7.21. The molecule has 94 valence electrons. The summed E-state index contributed by atoms with van der Waals surface area (Å²) in [4.78, 5) is 12.6. The van der Waals surface area contributed by atoms with Gasteiger partial charge in [0.15, 0.2) is 0 Å². The topological polar surface area (TPSA) is 29.1 Å². The SMILES string of the molecule is O=C(NCC1CC1)c1sc2cc(Cl)ccc2c1Cl. The minimum Gasteiger partial charge on any atom is -0.351 e. The zero-order valence-electron chi connectivity index (χ0n) is 9.50. The number of thiophene rings is 1. The second-order valence-corrected chi connectivity index (χ2v) is 6.41. The van der Waals surface area contributed by atoms with Crippen LogP contribution in [0.15, 0.2) is 18.2 Å². The van der Waals surface area contributed by atoms with E-state index in [0.29, 0.717) is 20.8 Å². The lowest BCUT2D eigenvalue weighted by Crippen LogP contribution is -2.24. The van der Waals surface area contributed by atoms with Crippen LogP contribution in [0.5, 0.6) is 0 Å². The van der Waals surface area contributed by atoms with Gasteiger partial charge in [0.1, 0.15) is 4.88 Å². The zero-order valence-corrected chi connectivity index (χ0v) is 11.8. The maximum atomic E-state index is 12.0. The first-order valence-electron chi connectivity index (χ1n) is 5.81. The van der Waals surface area contributed by atoms with Gasteiger partial charge in [0, 0.05) is 21.7 Å². The van der Waals surface area contributed by atoms with Crippen LogP contribution in [0.3, 0.4) is 0 Å². The number of fused-ring (bicyclic) bond motifs is 1. The third kappa shape index (κ3) is 2.35. The quantitative estimate of drug-likeness (QED) is 0.897. The maximum absolute atomic E-state index is 12.0. The molecule has 1 aromatic carbocycles. The molecule has 1 aliphatic rings. The van der Waals surface area contributed by atoms with Crippen LogP contribution in [0.4, 0.5) is 0 Å². The van der Waals surface area contributed by atoms with E-state index in [1.165, 1.54) is 24.2 Å². The Kier molecular flexibility index (Phi) is 3.22. The minimum absolute atomic E-state index is 0.0794. The molecule has 3 rings (SSSR count). The van der Waals surface area contributed by atoms with Gasteiger partial charge in [0.05, 0.1) is 5.02 Å². The number of carbonyl (C=O) groups excluding carboxylic acids is 1. The smallest absolute Gasteiger partial charge is 0.262 e. The molecule has 5 heteroatoms. The summed E-state index contributed by atoms with van der Waals surface area (Å²) in [6, 6.07) is 5.48. The normalized spacial score (nSPS) is 15.0. The van der Waals surface area contributed by atoms with Gasteiger partial charge in [-0.1, -0.05) is 29.3 Å². The van der Waals surface area contributed by atoms with Gasteiger partial charge in [-0.25, -0.2) is 0 Å². The fourth-order valence-corrected chi connectivity index (χ4v) is 3.53. The van der Waals surface area contributed by atoms with Crippen LogP contribution in [-0.4, -0.2) is 12.5 Å². The number of nitrogens with one attached hydrogen (secondary N) is 1. The van der Waals surface area contributed by atoms with Gasteiger partial charge >= 0.3 is 0 Å². The first-order chi connectivity index (χ1) is 8.65. The molecule has 18 heavy (non-hydrogen) atoms. The average Bonchev–Trinajstić information content (AvgIpc) is 3.11. The summed E-state index contributed by atoms with van der Waals surface area (Å²) in [7, 11) is 0. The van der Waals surface area contributed by atoms with E-state index in [-0.39, 0.29) is 5.91 Å². The minimum atomic E-state index is -0.0794. The molecule has 1 amide bonds. The van der Waals surface area contributed by atoms with Gasteiger partial charge in [-0.3, -0.25) is 4.79 Å². The van der Waals surface area contributed by atoms with Gasteiger partial charge in [0.25, 0.3) is 5.91 Å². The van der Waals surface area contributed by atoms with Crippen molar-refractivity contribution >= 4 is 50.5 Å². The molecule has 1 aliphatic carbocycles. The Hall–Kier alpha value is -0.770. The molecule has 0 bridgehead atoms. The molecule has 0 unspecified atom stereocenters. The van der Waals surface area contributed by atoms with E-state index < -0.39 is 0 Å². The van der Waals surface area contributed by atoms with Crippen molar-refractivity contribution in [3.8, 4) is 0 Å². The highest BCUT2D eigenvalue weighted by Gasteiger charge is 2.23. The molecular formula is C13H11Cl2NOS. The van der Waals surface area contributed by atoms with Gasteiger partial charge in [-0.2, -0.15) is 0 Å². The monoisotopic (exact) mass is 299 g/mol. The highest BCUT2D eigenvalue weighted by atomic mass is 35.5. The number of hydrogen-bond acceptors (Lipinski definition) is 2. The van der Waals surface area contributed by atoms with Gasteiger partial charge in [-0.05, 0) is 30.9 Å². The number of hydrogen-bond donors (Lipinski definition) is 1. The van der Waals surface area contributed by atoms with Crippen molar-refractivity contribution in [2.24, 2.45) is 5.92 Å². The van der Waals surface area contributed by atoms with E-state index in [9.17, 15) is 4.79 Å². The zero-order chi connectivity index (χ0) is 12.7. The molecular weight excluding hydrogens is 289 g/mol. The van der Waals surface area contributed by atoms with E-state index in [2.05, 4.69) is 5.32 Å². The third-order valence-electron chi connectivity index (χ3n) is 3.05. The van der Waals surface area contributed by atoms with Gasteiger partial charge in [-0.15, -0.1) is 11.3 Å². The summed E-state index contributed by atoms with van der Waals surface area (Å²) in [6.45, 7) is 0.754.